The predicted molar refractivity (Wildman–Crippen MR) is 72.5 cm³/mol. The predicted octanol–water partition coefficient (Wildman–Crippen LogP) is -0.0847. The first-order chi connectivity index (χ1) is 8.73. The molecule has 0 spiro atoms. The van der Waals surface area contributed by atoms with Crippen molar-refractivity contribution in [1.29, 1.82) is 0 Å². The third-order valence-corrected chi connectivity index (χ3v) is 2.99. The number of nitrogens with one attached hydrogen (secondary N) is 2. The molecule has 0 bridgehead atoms. The lowest BCUT2D eigenvalue weighted by Crippen LogP contribution is -2.57. The van der Waals surface area contributed by atoms with E-state index in [2.05, 4.69) is 10.6 Å². The van der Waals surface area contributed by atoms with E-state index < -0.39 is 5.54 Å². The highest BCUT2D eigenvalue weighted by Gasteiger charge is 2.35. The maximum absolute atomic E-state index is 12.0. The van der Waals surface area contributed by atoms with Gasteiger partial charge < -0.3 is 21.1 Å². The van der Waals surface area contributed by atoms with Crippen LogP contribution in [0.3, 0.4) is 0 Å². The van der Waals surface area contributed by atoms with Crippen LogP contribution in [-0.4, -0.2) is 42.7 Å². The Labute approximate surface area is 114 Å². The summed E-state index contributed by atoms with van der Waals surface area (Å²) in [5, 5.41) is 5.57. The van der Waals surface area contributed by atoms with Crippen LogP contribution < -0.4 is 16.4 Å². The Hall–Kier alpha value is -1.14. The first-order valence-electron chi connectivity index (χ1n) is 6.69. The molecule has 2 amide bonds. The number of ether oxygens (including phenoxy) is 1. The highest BCUT2D eigenvalue weighted by Crippen LogP contribution is 2.17. The number of carbonyl (C=O) groups is 2. The minimum atomic E-state index is -0.848. The summed E-state index contributed by atoms with van der Waals surface area (Å²) in [5.74, 6) is -0.273. The Bertz CT molecular complexity index is 331. The van der Waals surface area contributed by atoms with Gasteiger partial charge in [0.1, 0.15) is 0 Å². The lowest BCUT2D eigenvalue weighted by Gasteiger charge is -2.31. The molecular formula is C13H25N3O3. The van der Waals surface area contributed by atoms with Crippen molar-refractivity contribution in [3.63, 3.8) is 0 Å². The molecule has 4 N–H and O–H groups in total. The van der Waals surface area contributed by atoms with E-state index in [1.54, 1.807) is 0 Å². The molecule has 1 aliphatic heterocycles. The van der Waals surface area contributed by atoms with Crippen molar-refractivity contribution in [1.82, 2.24) is 10.6 Å². The Balaban J connectivity index is 2.29. The maximum atomic E-state index is 12.0. The van der Waals surface area contributed by atoms with Gasteiger partial charge in [0, 0.05) is 31.7 Å². The molecule has 1 rings (SSSR count). The van der Waals surface area contributed by atoms with E-state index in [-0.39, 0.29) is 23.8 Å². The zero-order chi connectivity index (χ0) is 14.5. The fourth-order valence-electron chi connectivity index (χ4n) is 1.91. The van der Waals surface area contributed by atoms with Gasteiger partial charge in [-0.1, -0.05) is 0 Å². The Morgan fingerprint density at radius 3 is 2.37 bits per heavy atom. The van der Waals surface area contributed by atoms with Crippen LogP contribution in [-0.2, 0) is 14.3 Å². The summed E-state index contributed by atoms with van der Waals surface area (Å²) >= 11 is 0. The lowest BCUT2D eigenvalue weighted by atomic mass is 9.90. The van der Waals surface area contributed by atoms with Crippen LogP contribution in [0.15, 0.2) is 0 Å². The molecule has 1 aliphatic rings. The molecule has 0 aromatic rings. The standard InChI is InChI=1S/C13H25N3O3/c1-12(2,3)16-10(17)4-7-15-11(18)13(14)5-8-19-9-6-13/h4-9,14H2,1-3H3,(H,15,18)(H,16,17). The van der Waals surface area contributed by atoms with Crippen LogP contribution in [0.5, 0.6) is 0 Å². The smallest absolute Gasteiger partial charge is 0.240 e. The van der Waals surface area contributed by atoms with E-state index in [4.69, 9.17) is 10.5 Å². The number of rotatable bonds is 4. The maximum Gasteiger partial charge on any atom is 0.240 e. The molecule has 1 saturated heterocycles. The van der Waals surface area contributed by atoms with Gasteiger partial charge in [-0.2, -0.15) is 0 Å². The van der Waals surface area contributed by atoms with Crippen molar-refractivity contribution in [2.75, 3.05) is 19.8 Å². The molecule has 0 aliphatic carbocycles. The van der Waals surface area contributed by atoms with Gasteiger partial charge in [-0.25, -0.2) is 0 Å². The molecule has 0 atom stereocenters. The highest BCUT2D eigenvalue weighted by molar-refractivity contribution is 5.86. The SMILES string of the molecule is CC(C)(C)NC(=O)CCNC(=O)C1(N)CCOCC1. The quantitative estimate of drug-likeness (QED) is 0.666. The van der Waals surface area contributed by atoms with Crippen LogP contribution in [0.1, 0.15) is 40.0 Å². The van der Waals surface area contributed by atoms with Gasteiger partial charge >= 0.3 is 0 Å². The zero-order valence-corrected chi connectivity index (χ0v) is 12.0. The molecule has 19 heavy (non-hydrogen) atoms. The van der Waals surface area contributed by atoms with Gasteiger partial charge in [0.05, 0.1) is 5.54 Å². The van der Waals surface area contributed by atoms with E-state index in [1.165, 1.54) is 0 Å². The fraction of sp³-hybridized carbons (Fsp3) is 0.846. The van der Waals surface area contributed by atoms with Crippen LogP contribution in [0.25, 0.3) is 0 Å². The van der Waals surface area contributed by atoms with Gasteiger partial charge in [0.25, 0.3) is 0 Å². The van der Waals surface area contributed by atoms with Crippen LogP contribution in [0, 0.1) is 0 Å². The number of hydrogen-bond acceptors (Lipinski definition) is 4. The second-order valence-corrected chi connectivity index (χ2v) is 6.07. The summed E-state index contributed by atoms with van der Waals surface area (Å²) in [4.78, 5) is 23.5. The monoisotopic (exact) mass is 271 g/mol. The summed E-state index contributed by atoms with van der Waals surface area (Å²) < 4.78 is 5.19. The lowest BCUT2D eigenvalue weighted by molar-refractivity contribution is -0.130. The second kappa shape index (κ2) is 6.34. The average Bonchev–Trinajstić information content (AvgIpc) is 2.27. The minimum Gasteiger partial charge on any atom is -0.381 e. The molecule has 0 radical (unpaired) electrons. The summed E-state index contributed by atoms with van der Waals surface area (Å²) in [6, 6.07) is 0. The third kappa shape index (κ3) is 5.57. The largest absolute Gasteiger partial charge is 0.381 e. The summed E-state index contributed by atoms with van der Waals surface area (Å²) in [6.45, 7) is 7.07. The molecule has 0 aromatic heterocycles. The summed E-state index contributed by atoms with van der Waals surface area (Å²) in [5.41, 5.74) is 4.93. The van der Waals surface area contributed by atoms with E-state index in [0.717, 1.165) is 0 Å². The number of carbonyl (C=O) groups excluding carboxylic acids is 2. The molecular weight excluding hydrogens is 246 g/mol. The van der Waals surface area contributed by atoms with Crippen LogP contribution in [0.4, 0.5) is 0 Å². The van der Waals surface area contributed by atoms with Crippen molar-refractivity contribution >= 4 is 11.8 Å². The Kier molecular flexibility index (Phi) is 5.31. The van der Waals surface area contributed by atoms with Crippen molar-refractivity contribution in [2.45, 2.75) is 51.1 Å². The van der Waals surface area contributed by atoms with Gasteiger partial charge in [-0.05, 0) is 33.6 Å². The topological polar surface area (TPSA) is 93.5 Å². The van der Waals surface area contributed by atoms with Crippen molar-refractivity contribution in [3.05, 3.63) is 0 Å². The highest BCUT2D eigenvalue weighted by atomic mass is 16.5. The third-order valence-electron chi connectivity index (χ3n) is 2.99. The number of nitrogens with two attached hydrogens (primary N) is 1. The Morgan fingerprint density at radius 2 is 1.84 bits per heavy atom. The molecule has 110 valence electrons. The minimum absolute atomic E-state index is 0.0779. The van der Waals surface area contributed by atoms with E-state index >= 15 is 0 Å². The van der Waals surface area contributed by atoms with Crippen molar-refractivity contribution in [3.8, 4) is 0 Å². The first-order valence-corrected chi connectivity index (χ1v) is 6.69. The molecule has 0 saturated carbocycles. The van der Waals surface area contributed by atoms with Crippen molar-refractivity contribution < 1.29 is 14.3 Å². The van der Waals surface area contributed by atoms with Gasteiger partial charge in [0.2, 0.25) is 11.8 Å². The first kappa shape index (κ1) is 15.9. The molecule has 0 aromatic carbocycles. The van der Waals surface area contributed by atoms with E-state index in [1.807, 2.05) is 20.8 Å². The zero-order valence-electron chi connectivity index (χ0n) is 12.0. The normalized spacial score (nSPS) is 18.7. The average molecular weight is 271 g/mol. The molecule has 0 unspecified atom stereocenters. The van der Waals surface area contributed by atoms with E-state index in [0.29, 0.717) is 32.6 Å². The van der Waals surface area contributed by atoms with E-state index in [9.17, 15) is 9.59 Å². The van der Waals surface area contributed by atoms with Crippen LogP contribution in [0.2, 0.25) is 0 Å². The fourth-order valence-corrected chi connectivity index (χ4v) is 1.91. The molecule has 6 heteroatoms. The van der Waals surface area contributed by atoms with Crippen LogP contribution >= 0.6 is 0 Å². The Morgan fingerprint density at radius 1 is 1.26 bits per heavy atom. The molecule has 6 nitrogen and oxygen atoms in total. The molecule has 1 heterocycles. The second-order valence-electron chi connectivity index (χ2n) is 6.07. The number of amides is 2. The number of hydrogen-bond donors (Lipinski definition) is 3. The summed E-state index contributed by atoms with van der Waals surface area (Å²) in [7, 11) is 0. The molecule has 1 fully saturated rings. The summed E-state index contributed by atoms with van der Waals surface area (Å²) in [6.07, 6.45) is 1.30. The van der Waals surface area contributed by atoms with Gasteiger partial charge in [-0.15, -0.1) is 0 Å². The van der Waals surface area contributed by atoms with Gasteiger partial charge in [0.15, 0.2) is 0 Å². The van der Waals surface area contributed by atoms with Gasteiger partial charge in [-0.3, -0.25) is 9.59 Å². The van der Waals surface area contributed by atoms with Crippen molar-refractivity contribution in [2.24, 2.45) is 5.73 Å².